The van der Waals surface area contributed by atoms with E-state index >= 15 is 0 Å². The molecular weight excluding hydrogens is 1570 g/mol. The number of hydrogen-bond donors (Lipinski definition) is 2. The van der Waals surface area contributed by atoms with E-state index in [4.69, 9.17) is 41.7 Å². The second kappa shape index (κ2) is 37.4. The van der Waals surface area contributed by atoms with E-state index in [-0.39, 0.29) is 33.5 Å². The van der Waals surface area contributed by atoms with Gasteiger partial charge in [0.15, 0.2) is 40.0 Å². The summed E-state index contributed by atoms with van der Waals surface area (Å²) in [5.41, 5.74) is 4.66. The lowest BCUT2D eigenvalue weighted by atomic mass is 9.66. The summed E-state index contributed by atoms with van der Waals surface area (Å²) in [4.78, 5) is 11.8. The van der Waals surface area contributed by atoms with Crippen LogP contribution in [0.15, 0.2) is 499 Å². The van der Waals surface area contributed by atoms with Crippen molar-refractivity contribution in [3.63, 3.8) is 0 Å². The molecule has 614 valence electrons. The topological polar surface area (TPSA) is 152 Å². The first-order chi connectivity index (χ1) is 61.7. The van der Waals surface area contributed by atoms with Crippen LogP contribution in [-0.2, 0) is 22.0 Å². The van der Waals surface area contributed by atoms with Crippen LogP contribution in [0, 0.1) is 0 Å². The van der Waals surface area contributed by atoms with Gasteiger partial charge < -0.3 is 51.9 Å². The van der Waals surface area contributed by atoms with Gasteiger partial charge in [-0.1, -0.05) is 413 Å². The molecule has 0 radical (unpaired) electrons. The van der Waals surface area contributed by atoms with Crippen LogP contribution in [-0.4, -0.2) is 16.0 Å². The molecule has 0 fully saturated rings. The minimum absolute atomic E-state index is 0. The number of furan rings is 3. The Bertz CT molecular complexity index is 6160. The van der Waals surface area contributed by atoms with Gasteiger partial charge in [0.05, 0.1) is 0 Å². The van der Waals surface area contributed by atoms with Crippen LogP contribution in [0.2, 0.25) is 0 Å². The lowest BCUT2D eigenvalue weighted by Crippen LogP contribution is -2.34. The molecule has 0 spiro atoms. The number of benzene rings is 16. The summed E-state index contributed by atoms with van der Waals surface area (Å²) in [6, 6.07) is 152. The number of ether oxygens (including phenoxy) is 6. The summed E-state index contributed by atoms with van der Waals surface area (Å²) in [6.07, 6.45) is 3.04. The fourth-order valence-corrected chi connectivity index (χ4v) is 16.4. The zero-order valence-corrected chi connectivity index (χ0v) is 68.1. The van der Waals surface area contributed by atoms with Gasteiger partial charge in [-0.25, -0.2) is 0 Å². The SMILES string of the molecule is F.O=C(c1ccccc1)c1ccccc1.OC(c1ccccc1)(c1ccccc1)c1oc(C(O)(c2ccccc2)c2ccccc2)c(Oc2ccccc2)c1Oc1ccccc1.c1ccc(C2(c3ccccc3)c3ccccc3Oc3c2oc2c3Oc3ccccc3C2(c2ccccc2)c2ccccc2)cc1.c1ccc(Oc2cocc2Oc2ccccc2)cc1. The first kappa shape index (κ1) is 82.0. The normalized spacial score (nSPS) is 12.3. The predicted octanol–water partition coefficient (Wildman–Crippen LogP) is 27.6. The molecule has 21 rings (SSSR count). The fourth-order valence-electron chi connectivity index (χ4n) is 16.4. The Morgan fingerprint density at radius 3 is 0.770 bits per heavy atom. The van der Waals surface area contributed by atoms with Crippen molar-refractivity contribution in [2.45, 2.75) is 22.0 Å². The van der Waals surface area contributed by atoms with E-state index in [0.29, 0.717) is 68.3 Å². The molecule has 0 bridgehead atoms. The van der Waals surface area contributed by atoms with Crippen LogP contribution >= 0.6 is 0 Å². The summed E-state index contributed by atoms with van der Waals surface area (Å²) in [7, 11) is 0. The third-order valence-electron chi connectivity index (χ3n) is 22.1. The van der Waals surface area contributed by atoms with E-state index in [1.165, 1.54) is 12.5 Å². The van der Waals surface area contributed by atoms with Gasteiger partial charge in [0.1, 0.15) is 57.9 Å². The smallest absolute Gasteiger partial charge is 0.215 e. The second-order valence-corrected chi connectivity index (χ2v) is 29.7. The number of halogens is 1. The van der Waals surface area contributed by atoms with Crippen LogP contribution in [0.25, 0.3) is 0 Å². The van der Waals surface area contributed by atoms with Crippen molar-refractivity contribution in [3.05, 3.63) is 576 Å². The highest BCUT2D eigenvalue weighted by Crippen LogP contribution is 2.66. The van der Waals surface area contributed by atoms with Crippen LogP contribution in [0.5, 0.6) is 69.0 Å². The minimum Gasteiger partial charge on any atom is -0.465 e. The maximum atomic E-state index is 13.1. The number of aliphatic hydroxyl groups is 2. The molecule has 0 saturated carbocycles. The van der Waals surface area contributed by atoms with Gasteiger partial charge in [0.2, 0.25) is 34.5 Å². The summed E-state index contributed by atoms with van der Waals surface area (Å²) < 4.78 is 57.9. The molecule has 12 nitrogen and oxygen atoms in total. The summed E-state index contributed by atoms with van der Waals surface area (Å²) >= 11 is 0. The van der Waals surface area contributed by atoms with Crippen molar-refractivity contribution in [2.24, 2.45) is 0 Å². The second-order valence-electron chi connectivity index (χ2n) is 29.7. The summed E-state index contributed by atoms with van der Waals surface area (Å²) in [6.45, 7) is 0. The van der Waals surface area contributed by atoms with Crippen molar-refractivity contribution in [3.8, 4) is 69.0 Å². The number of carbonyl (C=O) groups excluding carboxylic acids is 1. The Hall–Kier alpha value is -16.3. The van der Waals surface area contributed by atoms with E-state index in [9.17, 15) is 15.0 Å². The molecule has 16 aromatic carbocycles. The third-order valence-corrected chi connectivity index (χ3v) is 22.1. The number of hydrogen-bond acceptors (Lipinski definition) is 12. The van der Waals surface area contributed by atoms with Crippen molar-refractivity contribution in [2.75, 3.05) is 0 Å². The van der Waals surface area contributed by atoms with E-state index in [0.717, 1.165) is 67.5 Å². The minimum atomic E-state index is -1.87. The van der Waals surface area contributed by atoms with Gasteiger partial charge in [0.25, 0.3) is 0 Å². The number of ketones is 1. The third kappa shape index (κ3) is 16.1. The van der Waals surface area contributed by atoms with E-state index in [1.54, 1.807) is 0 Å². The maximum Gasteiger partial charge on any atom is 0.215 e. The first-order valence-electron chi connectivity index (χ1n) is 41.1. The first-order valence-corrected chi connectivity index (χ1v) is 41.1. The van der Waals surface area contributed by atoms with Crippen molar-refractivity contribution in [1.82, 2.24) is 0 Å². The van der Waals surface area contributed by atoms with E-state index in [2.05, 4.69) is 146 Å². The summed E-state index contributed by atoms with van der Waals surface area (Å²) in [5, 5.41) is 26.2. The molecule has 13 heteroatoms. The number of fused-ring (bicyclic) bond motifs is 5. The van der Waals surface area contributed by atoms with Crippen LogP contribution in [0.4, 0.5) is 4.70 Å². The van der Waals surface area contributed by atoms with Gasteiger partial charge in [-0.05, 0) is 105 Å². The predicted molar refractivity (Wildman–Crippen MR) is 488 cm³/mol. The average Bonchev–Trinajstić information content (AvgIpc) is 1.50. The highest BCUT2D eigenvalue weighted by molar-refractivity contribution is 6.08. The molecule has 2 aliphatic rings. The quantitative estimate of drug-likeness (QED) is 0.0699. The van der Waals surface area contributed by atoms with E-state index in [1.807, 2.05) is 328 Å². The van der Waals surface area contributed by atoms with Gasteiger partial charge in [-0.2, -0.15) is 0 Å². The van der Waals surface area contributed by atoms with Crippen molar-refractivity contribution < 1.29 is 61.4 Å². The Balaban J connectivity index is 0.000000131. The van der Waals surface area contributed by atoms with Gasteiger partial charge in [-0.15, -0.1) is 0 Å². The molecule has 0 saturated heterocycles. The van der Waals surface area contributed by atoms with Crippen LogP contribution < -0.4 is 28.4 Å². The van der Waals surface area contributed by atoms with E-state index < -0.39 is 22.0 Å². The highest BCUT2D eigenvalue weighted by atomic mass is 19.0. The molecule has 2 aliphatic heterocycles. The molecule has 5 heterocycles. The molecule has 126 heavy (non-hydrogen) atoms. The Morgan fingerprint density at radius 1 is 0.262 bits per heavy atom. The van der Waals surface area contributed by atoms with Crippen LogP contribution in [0.1, 0.15) is 94.6 Å². The standard InChI is InChI=1S/C42H32O5.C42H28O3.C16H12O3.C13H10O.FH/c43-41(31-19-7-1-8-20-31,32-21-9-2-10-22-32)39-37(45-35-27-15-5-16-28-35)38(46-36-29-17-6-18-30-36)40(47-39)42(44,33-23-11-3-12-24-33)34-25-13-4-14-26-34;1-5-17-29(18-6-1)41(30-19-7-2-8-20-30)33-25-13-15-27-35(33)43-37-38-40(45-39(37)41)42(31-21-9-3-10-22-31,32-23-11-4-12-24-32)34-26-14-16-28-36(34)44-38;1-3-7-13(8-4-1)18-15-11-17-12-16(15)19-14-9-5-2-6-10-14;14-13(11-7-3-1-4-8-11)12-9-5-2-6-10-12;/h1-30,43-44H;1-28H;1-12H;1-10H;1H. The lowest BCUT2D eigenvalue weighted by Gasteiger charge is -2.38. The molecule has 0 unspecified atom stereocenters. The lowest BCUT2D eigenvalue weighted by molar-refractivity contribution is 0.0690. The Kier molecular flexibility index (Phi) is 24.3. The van der Waals surface area contributed by atoms with Crippen molar-refractivity contribution >= 4 is 5.78 Å². The fraction of sp³-hybridized carbons (Fsp3) is 0.0354. The van der Waals surface area contributed by atoms with Gasteiger partial charge in [0, 0.05) is 22.3 Å². The van der Waals surface area contributed by atoms with Crippen LogP contribution in [0.3, 0.4) is 0 Å². The maximum absolute atomic E-state index is 13.1. The summed E-state index contributed by atoms with van der Waals surface area (Å²) in [5.74, 6) is 8.11. The number of carbonyl (C=O) groups is 1. The number of rotatable bonds is 20. The Labute approximate surface area is 729 Å². The molecule has 0 amide bonds. The molecule has 3 aromatic heterocycles. The molecular formula is C113H83FO12. The van der Waals surface area contributed by atoms with Gasteiger partial charge >= 0.3 is 0 Å². The zero-order valence-electron chi connectivity index (χ0n) is 68.1. The molecule has 0 atom stereocenters. The highest BCUT2D eigenvalue weighted by Gasteiger charge is 2.57. The average molecular weight is 1650 g/mol. The molecule has 2 N–H and O–H groups in total. The van der Waals surface area contributed by atoms with Gasteiger partial charge in [-0.3, -0.25) is 9.50 Å². The molecule has 19 aromatic rings. The van der Waals surface area contributed by atoms with Crippen molar-refractivity contribution in [1.29, 1.82) is 0 Å². The monoisotopic (exact) mass is 1650 g/mol. The number of para-hydroxylation sites is 6. The molecule has 0 aliphatic carbocycles. The Morgan fingerprint density at radius 2 is 0.492 bits per heavy atom. The zero-order chi connectivity index (χ0) is 84.7. The largest absolute Gasteiger partial charge is 0.465 e.